The summed E-state index contributed by atoms with van der Waals surface area (Å²) in [4.78, 5) is 21.7. The van der Waals surface area contributed by atoms with E-state index in [1.54, 1.807) is 6.92 Å². The maximum Gasteiger partial charge on any atom is 0.217 e. The molecule has 1 aliphatic heterocycles. The summed E-state index contributed by atoms with van der Waals surface area (Å²) in [5, 5.41) is 3.46. The fraction of sp³-hybridized carbons (Fsp3) is 0.615. The van der Waals surface area contributed by atoms with Gasteiger partial charge in [0.2, 0.25) is 5.91 Å². The summed E-state index contributed by atoms with van der Waals surface area (Å²) < 4.78 is 0. The Bertz CT molecular complexity index is 478. The highest BCUT2D eigenvalue weighted by atomic mass is 35.5. The number of hydrogen-bond acceptors (Lipinski definition) is 4. The molecule has 1 saturated heterocycles. The van der Waals surface area contributed by atoms with Crippen molar-refractivity contribution >= 4 is 23.3 Å². The van der Waals surface area contributed by atoms with Crippen LogP contribution in [0.5, 0.6) is 0 Å². The SMILES string of the molecule is CC(=O)NC1CCN(c2ncnc(Cl)c2C(C)C)C1. The van der Waals surface area contributed by atoms with Crippen LogP contribution in [0.15, 0.2) is 6.33 Å². The van der Waals surface area contributed by atoms with E-state index in [0.717, 1.165) is 30.9 Å². The van der Waals surface area contributed by atoms with Gasteiger partial charge >= 0.3 is 0 Å². The van der Waals surface area contributed by atoms with E-state index >= 15 is 0 Å². The molecule has 0 spiro atoms. The zero-order valence-corrected chi connectivity index (χ0v) is 12.2. The van der Waals surface area contributed by atoms with Gasteiger partial charge in [0.1, 0.15) is 17.3 Å². The highest BCUT2D eigenvalue weighted by molar-refractivity contribution is 6.30. The van der Waals surface area contributed by atoms with Crippen LogP contribution in [0, 0.1) is 0 Å². The highest BCUT2D eigenvalue weighted by Crippen LogP contribution is 2.32. The van der Waals surface area contributed by atoms with Crippen LogP contribution in [0.2, 0.25) is 5.15 Å². The lowest BCUT2D eigenvalue weighted by Crippen LogP contribution is -2.36. The summed E-state index contributed by atoms with van der Waals surface area (Å²) in [6.45, 7) is 7.35. The predicted molar refractivity (Wildman–Crippen MR) is 75.6 cm³/mol. The number of amides is 1. The van der Waals surface area contributed by atoms with Crippen LogP contribution < -0.4 is 10.2 Å². The third kappa shape index (κ3) is 3.15. The Hall–Kier alpha value is -1.36. The van der Waals surface area contributed by atoms with Crippen molar-refractivity contribution in [3.8, 4) is 0 Å². The fourth-order valence-electron chi connectivity index (χ4n) is 2.47. The van der Waals surface area contributed by atoms with E-state index in [1.807, 2.05) is 0 Å². The van der Waals surface area contributed by atoms with Crippen molar-refractivity contribution in [3.05, 3.63) is 17.0 Å². The molecule has 0 saturated carbocycles. The summed E-state index contributed by atoms with van der Waals surface area (Å²) >= 11 is 6.18. The van der Waals surface area contributed by atoms with Crippen molar-refractivity contribution in [1.29, 1.82) is 0 Å². The monoisotopic (exact) mass is 282 g/mol. The Morgan fingerprint density at radius 2 is 2.26 bits per heavy atom. The number of carbonyl (C=O) groups excluding carboxylic acids is 1. The lowest BCUT2D eigenvalue weighted by Gasteiger charge is -2.22. The van der Waals surface area contributed by atoms with Gasteiger partial charge in [-0.3, -0.25) is 4.79 Å². The number of aromatic nitrogens is 2. The molecule has 0 radical (unpaired) electrons. The van der Waals surface area contributed by atoms with E-state index < -0.39 is 0 Å². The van der Waals surface area contributed by atoms with Gasteiger partial charge in [-0.15, -0.1) is 0 Å². The lowest BCUT2D eigenvalue weighted by atomic mass is 10.1. The molecule has 1 atom stereocenters. The molecule has 1 N–H and O–H groups in total. The number of halogens is 1. The first kappa shape index (κ1) is 14.1. The van der Waals surface area contributed by atoms with Crippen LogP contribution in [0.1, 0.15) is 38.7 Å². The molecule has 0 bridgehead atoms. The topological polar surface area (TPSA) is 58.1 Å². The summed E-state index contributed by atoms with van der Waals surface area (Å²) in [5.74, 6) is 1.17. The summed E-state index contributed by atoms with van der Waals surface area (Å²) in [6.07, 6.45) is 2.42. The fourth-order valence-corrected chi connectivity index (χ4v) is 2.82. The molecular weight excluding hydrogens is 264 g/mol. The second-order valence-corrected chi connectivity index (χ2v) is 5.55. The minimum Gasteiger partial charge on any atom is -0.354 e. The van der Waals surface area contributed by atoms with Gasteiger partial charge in [0.15, 0.2) is 0 Å². The molecule has 1 unspecified atom stereocenters. The summed E-state index contributed by atoms with van der Waals surface area (Å²) in [5.41, 5.74) is 0.979. The Morgan fingerprint density at radius 3 is 2.89 bits per heavy atom. The van der Waals surface area contributed by atoms with Crippen molar-refractivity contribution in [2.45, 2.75) is 39.2 Å². The minimum absolute atomic E-state index is 0.0108. The Labute approximate surface area is 118 Å². The largest absolute Gasteiger partial charge is 0.354 e. The van der Waals surface area contributed by atoms with E-state index in [9.17, 15) is 4.79 Å². The van der Waals surface area contributed by atoms with Gasteiger partial charge in [-0.05, 0) is 12.3 Å². The minimum atomic E-state index is 0.0108. The van der Waals surface area contributed by atoms with Crippen LogP contribution in [0.3, 0.4) is 0 Å². The first-order valence-corrected chi connectivity index (χ1v) is 6.89. The summed E-state index contributed by atoms with van der Waals surface area (Å²) in [6, 6.07) is 0.186. The Kier molecular flexibility index (Phi) is 4.24. The van der Waals surface area contributed by atoms with E-state index in [0.29, 0.717) is 5.15 Å². The second-order valence-electron chi connectivity index (χ2n) is 5.19. The zero-order chi connectivity index (χ0) is 14.0. The summed E-state index contributed by atoms with van der Waals surface area (Å²) in [7, 11) is 0. The number of nitrogens with one attached hydrogen (secondary N) is 1. The first-order chi connectivity index (χ1) is 8.99. The molecule has 19 heavy (non-hydrogen) atoms. The van der Waals surface area contributed by atoms with Gasteiger partial charge in [-0.1, -0.05) is 25.4 Å². The standard InChI is InChI=1S/C13H19ClN4O/c1-8(2)11-12(14)15-7-16-13(11)18-5-4-10(6-18)17-9(3)19/h7-8,10H,4-6H2,1-3H3,(H,17,19). The van der Waals surface area contributed by atoms with Crippen LogP contribution in [-0.4, -0.2) is 35.0 Å². The van der Waals surface area contributed by atoms with Crippen molar-refractivity contribution in [3.63, 3.8) is 0 Å². The first-order valence-electron chi connectivity index (χ1n) is 6.51. The van der Waals surface area contributed by atoms with Crippen LogP contribution in [0.4, 0.5) is 5.82 Å². The number of hydrogen-bond donors (Lipinski definition) is 1. The smallest absolute Gasteiger partial charge is 0.217 e. The molecule has 0 aliphatic carbocycles. The lowest BCUT2D eigenvalue weighted by molar-refractivity contribution is -0.119. The highest BCUT2D eigenvalue weighted by Gasteiger charge is 2.27. The molecule has 1 aromatic heterocycles. The third-order valence-electron chi connectivity index (χ3n) is 3.29. The molecule has 0 aromatic carbocycles. The van der Waals surface area contributed by atoms with Gasteiger partial charge in [0.25, 0.3) is 0 Å². The molecule has 1 fully saturated rings. The zero-order valence-electron chi connectivity index (χ0n) is 11.5. The molecule has 2 heterocycles. The van der Waals surface area contributed by atoms with Crippen LogP contribution in [0.25, 0.3) is 0 Å². The Morgan fingerprint density at radius 1 is 1.53 bits per heavy atom. The predicted octanol–water partition coefficient (Wildman–Crippen LogP) is 1.97. The van der Waals surface area contributed by atoms with Crippen LogP contribution >= 0.6 is 11.6 Å². The molecule has 1 amide bonds. The van der Waals surface area contributed by atoms with Crippen molar-refractivity contribution in [1.82, 2.24) is 15.3 Å². The van der Waals surface area contributed by atoms with Gasteiger partial charge in [0, 0.05) is 31.6 Å². The molecule has 1 aliphatic rings. The quantitative estimate of drug-likeness (QED) is 0.861. The van der Waals surface area contributed by atoms with E-state index in [2.05, 4.69) is 34.0 Å². The maximum absolute atomic E-state index is 11.1. The van der Waals surface area contributed by atoms with Gasteiger partial charge < -0.3 is 10.2 Å². The van der Waals surface area contributed by atoms with E-state index in [4.69, 9.17) is 11.6 Å². The van der Waals surface area contributed by atoms with Crippen molar-refractivity contribution in [2.75, 3.05) is 18.0 Å². The molecule has 1 aromatic rings. The van der Waals surface area contributed by atoms with Crippen molar-refractivity contribution in [2.24, 2.45) is 0 Å². The van der Waals surface area contributed by atoms with Gasteiger partial charge in [0.05, 0.1) is 0 Å². The molecule has 6 heteroatoms. The molecule has 104 valence electrons. The Balaban J connectivity index is 2.20. The molecule has 5 nitrogen and oxygen atoms in total. The van der Waals surface area contributed by atoms with Gasteiger partial charge in [-0.2, -0.15) is 0 Å². The molecule has 2 rings (SSSR count). The number of nitrogens with zero attached hydrogens (tertiary/aromatic N) is 3. The second kappa shape index (κ2) is 5.74. The van der Waals surface area contributed by atoms with Crippen molar-refractivity contribution < 1.29 is 4.79 Å². The molecular formula is C13H19ClN4O. The third-order valence-corrected chi connectivity index (χ3v) is 3.59. The number of anilines is 1. The normalized spacial score (nSPS) is 19.0. The van der Waals surface area contributed by atoms with E-state index in [-0.39, 0.29) is 17.9 Å². The maximum atomic E-state index is 11.1. The van der Waals surface area contributed by atoms with E-state index in [1.165, 1.54) is 6.33 Å². The number of carbonyl (C=O) groups is 1. The average Bonchev–Trinajstić information content (AvgIpc) is 2.75. The van der Waals surface area contributed by atoms with Gasteiger partial charge in [-0.25, -0.2) is 9.97 Å². The number of rotatable bonds is 3. The average molecular weight is 283 g/mol. The van der Waals surface area contributed by atoms with Crippen LogP contribution in [-0.2, 0) is 4.79 Å².